The van der Waals surface area contributed by atoms with Crippen molar-refractivity contribution in [3.8, 4) is 0 Å². The highest BCUT2D eigenvalue weighted by molar-refractivity contribution is 5.73. The van der Waals surface area contributed by atoms with Crippen molar-refractivity contribution in [1.82, 2.24) is 15.1 Å². The number of likely N-dealkylation sites (tertiary alicyclic amines) is 2. The van der Waals surface area contributed by atoms with Crippen molar-refractivity contribution >= 4 is 5.91 Å². The summed E-state index contributed by atoms with van der Waals surface area (Å²) in [6.45, 7) is 7.32. The molecule has 0 radical (unpaired) electrons. The minimum atomic E-state index is 0.241. The van der Waals surface area contributed by atoms with E-state index < -0.39 is 0 Å². The second-order valence-electron chi connectivity index (χ2n) is 6.15. The van der Waals surface area contributed by atoms with Gasteiger partial charge in [0.15, 0.2) is 0 Å². The first-order valence-corrected chi connectivity index (χ1v) is 7.47. The van der Waals surface area contributed by atoms with E-state index >= 15 is 0 Å². The van der Waals surface area contributed by atoms with Crippen LogP contribution in [0.2, 0.25) is 0 Å². The Morgan fingerprint density at radius 3 is 2.61 bits per heavy atom. The maximum Gasteiger partial charge on any atom is 0.219 e. The number of carbonyl (C=O) groups excluding carboxylic acids is 1. The van der Waals surface area contributed by atoms with Crippen LogP contribution in [0.15, 0.2) is 0 Å². The van der Waals surface area contributed by atoms with E-state index in [2.05, 4.69) is 10.2 Å². The molecule has 0 bridgehead atoms. The van der Waals surface area contributed by atoms with Crippen LogP contribution < -0.4 is 5.32 Å². The number of carbonyl (C=O) groups is 1. The van der Waals surface area contributed by atoms with Gasteiger partial charge in [-0.05, 0) is 38.1 Å². The first kappa shape index (κ1) is 12.4. The monoisotopic (exact) mass is 251 g/mol. The topological polar surface area (TPSA) is 35.6 Å². The van der Waals surface area contributed by atoms with Crippen LogP contribution in [-0.2, 0) is 4.79 Å². The van der Waals surface area contributed by atoms with Crippen LogP contribution >= 0.6 is 0 Å². The molecule has 0 saturated carbocycles. The summed E-state index contributed by atoms with van der Waals surface area (Å²) in [6.07, 6.45) is 5.08. The average molecular weight is 251 g/mol. The molecule has 2 unspecified atom stereocenters. The molecule has 3 rings (SSSR count). The number of amides is 1. The predicted octanol–water partition coefficient (Wildman–Crippen LogP) is 0.681. The lowest BCUT2D eigenvalue weighted by molar-refractivity contribution is -0.130. The standard InChI is InChI=1S/C14H25N3O/c1-11(18)16-7-4-13(5-8-16)17-9-12-3-2-6-15-14(12)10-17/h12-15H,2-10H2,1H3. The van der Waals surface area contributed by atoms with Crippen LogP contribution in [0.1, 0.15) is 32.6 Å². The third-order valence-corrected chi connectivity index (χ3v) is 5.05. The lowest BCUT2D eigenvalue weighted by Crippen LogP contribution is -2.46. The maximum absolute atomic E-state index is 11.3. The Bertz CT molecular complexity index is 298. The molecular formula is C14H25N3O. The first-order chi connectivity index (χ1) is 8.74. The van der Waals surface area contributed by atoms with Crippen LogP contribution in [0.3, 0.4) is 0 Å². The third-order valence-electron chi connectivity index (χ3n) is 5.05. The fourth-order valence-corrected chi connectivity index (χ4v) is 3.92. The van der Waals surface area contributed by atoms with Gasteiger partial charge in [-0.3, -0.25) is 9.69 Å². The van der Waals surface area contributed by atoms with Gasteiger partial charge in [-0.1, -0.05) is 0 Å². The van der Waals surface area contributed by atoms with Crippen molar-refractivity contribution in [1.29, 1.82) is 0 Å². The maximum atomic E-state index is 11.3. The van der Waals surface area contributed by atoms with Gasteiger partial charge in [-0.25, -0.2) is 0 Å². The second kappa shape index (κ2) is 5.17. The van der Waals surface area contributed by atoms with Crippen molar-refractivity contribution < 1.29 is 4.79 Å². The Balaban J connectivity index is 1.53. The molecule has 3 aliphatic rings. The minimum absolute atomic E-state index is 0.241. The molecule has 0 aromatic carbocycles. The van der Waals surface area contributed by atoms with Crippen molar-refractivity contribution in [2.75, 3.05) is 32.7 Å². The van der Waals surface area contributed by atoms with Crippen LogP contribution in [0, 0.1) is 5.92 Å². The van der Waals surface area contributed by atoms with Crippen molar-refractivity contribution in [2.45, 2.75) is 44.7 Å². The highest BCUT2D eigenvalue weighted by Gasteiger charge is 2.38. The molecular weight excluding hydrogens is 226 g/mol. The Morgan fingerprint density at radius 1 is 1.17 bits per heavy atom. The summed E-state index contributed by atoms with van der Waals surface area (Å²) in [6, 6.07) is 1.46. The molecule has 3 saturated heterocycles. The van der Waals surface area contributed by atoms with E-state index in [1.807, 2.05) is 4.90 Å². The van der Waals surface area contributed by atoms with Crippen molar-refractivity contribution in [3.63, 3.8) is 0 Å². The summed E-state index contributed by atoms with van der Waals surface area (Å²) < 4.78 is 0. The molecule has 3 fully saturated rings. The van der Waals surface area contributed by atoms with Gasteiger partial charge >= 0.3 is 0 Å². The zero-order valence-corrected chi connectivity index (χ0v) is 11.4. The number of hydrogen-bond acceptors (Lipinski definition) is 3. The summed E-state index contributed by atoms with van der Waals surface area (Å²) >= 11 is 0. The number of nitrogens with one attached hydrogen (secondary N) is 1. The van der Waals surface area contributed by atoms with Crippen LogP contribution in [0.25, 0.3) is 0 Å². The van der Waals surface area contributed by atoms with Gasteiger partial charge in [-0.15, -0.1) is 0 Å². The molecule has 4 heteroatoms. The molecule has 3 aliphatic heterocycles. The molecule has 3 heterocycles. The Morgan fingerprint density at radius 2 is 1.94 bits per heavy atom. The molecule has 0 aromatic heterocycles. The normalized spacial score (nSPS) is 34.6. The third kappa shape index (κ3) is 2.41. The summed E-state index contributed by atoms with van der Waals surface area (Å²) in [5.74, 6) is 1.12. The Kier molecular flexibility index (Phi) is 3.57. The van der Waals surface area contributed by atoms with Crippen molar-refractivity contribution in [2.24, 2.45) is 5.92 Å². The lowest BCUT2D eigenvalue weighted by Gasteiger charge is -2.36. The van der Waals surface area contributed by atoms with E-state index in [0.29, 0.717) is 6.04 Å². The Labute approximate surface area is 110 Å². The van der Waals surface area contributed by atoms with E-state index in [1.165, 1.54) is 45.3 Å². The smallest absolute Gasteiger partial charge is 0.219 e. The zero-order valence-electron chi connectivity index (χ0n) is 11.4. The fourth-order valence-electron chi connectivity index (χ4n) is 3.92. The van der Waals surface area contributed by atoms with Gasteiger partial charge in [0.05, 0.1) is 0 Å². The molecule has 1 N–H and O–H groups in total. The number of fused-ring (bicyclic) bond motifs is 1. The number of nitrogens with zero attached hydrogens (tertiary/aromatic N) is 2. The van der Waals surface area contributed by atoms with Crippen LogP contribution in [-0.4, -0.2) is 60.5 Å². The van der Waals surface area contributed by atoms with Gasteiger partial charge in [0.2, 0.25) is 5.91 Å². The molecule has 2 atom stereocenters. The Hall–Kier alpha value is -0.610. The quantitative estimate of drug-likeness (QED) is 0.744. The van der Waals surface area contributed by atoms with Gasteiger partial charge in [0.25, 0.3) is 0 Å². The predicted molar refractivity (Wildman–Crippen MR) is 71.4 cm³/mol. The largest absolute Gasteiger partial charge is 0.343 e. The van der Waals surface area contributed by atoms with Crippen LogP contribution in [0.4, 0.5) is 0 Å². The number of piperidine rings is 2. The SMILES string of the molecule is CC(=O)N1CCC(N2CC3CCCNC3C2)CC1. The number of hydrogen-bond donors (Lipinski definition) is 1. The molecule has 0 aromatic rings. The average Bonchev–Trinajstić information content (AvgIpc) is 2.82. The zero-order chi connectivity index (χ0) is 12.5. The molecule has 0 spiro atoms. The highest BCUT2D eigenvalue weighted by atomic mass is 16.2. The van der Waals surface area contributed by atoms with Gasteiger partial charge in [0, 0.05) is 45.2 Å². The van der Waals surface area contributed by atoms with Gasteiger partial charge in [0.1, 0.15) is 0 Å². The molecule has 1 amide bonds. The first-order valence-electron chi connectivity index (χ1n) is 7.47. The van der Waals surface area contributed by atoms with E-state index in [4.69, 9.17) is 0 Å². The fraction of sp³-hybridized carbons (Fsp3) is 0.929. The molecule has 18 heavy (non-hydrogen) atoms. The number of rotatable bonds is 1. The minimum Gasteiger partial charge on any atom is -0.343 e. The lowest BCUT2D eigenvalue weighted by atomic mass is 9.94. The summed E-state index contributed by atoms with van der Waals surface area (Å²) in [5.41, 5.74) is 0. The molecule has 0 aliphatic carbocycles. The van der Waals surface area contributed by atoms with Crippen molar-refractivity contribution in [3.05, 3.63) is 0 Å². The summed E-state index contributed by atoms with van der Waals surface area (Å²) in [4.78, 5) is 16.0. The highest BCUT2D eigenvalue weighted by Crippen LogP contribution is 2.29. The summed E-state index contributed by atoms with van der Waals surface area (Å²) in [5, 5.41) is 3.67. The summed E-state index contributed by atoms with van der Waals surface area (Å²) in [7, 11) is 0. The molecule has 4 nitrogen and oxygen atoms in total. The molecule has 102 valence electrons. The van der Waals surface area contributed by atoms with E-state index in [0.717, 1.165) is 25.0 Å². The van der Waals surface area contributed by atoms with E-state index in [-0.39, 0.29) is 5.91 Å². The van der Waals surface area contributed by atoms with E-state index in [1.54, 1.807) is 6.92 Å². The second-order valence-corrected chi connectivity index (χ2v) is 6.15. The van der Waals surface area contributed by atoms with Gasteiger partial charge in [-0.2, -0.15) is 0 Å². The van der Waals surface area contributed by atoms with E-state index in [9.17, 15) is 4.79 Å². The van der Waals surface area contributed by atoms with Gasteiger partial charge < -0.3 is 10.2 Å². The van der Waals surface area contributed by atoms with Crippen LogP contribution in [0.5, 0.6) is 0 Å².